The molecule has 22 heteroatoms. The third-order valence-electron chi connectivity index (χ3n) is 7.04. The third-order valence-corrected chi connectivity index (χ3v) is 7.04. The Morgan fingerprint density at radius 1 is 0.729 bits per heavy atom. The summed E-state index contributed by atoms with van der Waals surface area (Å²) >= 11 is 0. The molecular weight excluding hydrogens is 772 g/mol. The molecule has 22 nitrogen and oxygen atoms in total. The number of carbonyl (C=O) groups is 2. The van der Waals surface area contributed by atoms with E-state index in [0.29, 0.717) is 70.8 Å². The second-order valence-corrected chi connectivity index (χ2v) is 13.5. The van der Waals surface area contributed by atoms with Crippen molar-refractivity contribution in [3.63, 3.8) is 0 Å². The fraction of sp³-hybridized carbons (Fsp3) is 0.730. The highest BCUT2D eigenvalue weighted by molar-refractivity contribution is 5.72. The predicted molar refractivity (Wildman–Crippen MR) is 214 cm³/mol. The molecule has 0 saturated carbocycles. The minimum atomic E-state index is -0.489. The van der Waals surface area contributed by atoms with Crippen molar-refractivity contribution in [1.82, 2.24) is 30.0 Å². The number of methoxy groups -OCH3 is 2. The number of nitrogens with zero attached hydrogens (tertiary/aromatic N) is 12. The van der Waals surface area contributed by atoms with Gasteiger partial charge in [0.05, 0.1) is 98.7 Å². The van der Waals surface area contributed by atoms with Crippen LogP contribution in [0.3, 0.4) is 0 Å². The lowest BCUT2D eigenvalue weighted by Crippen LogP contribution is -2.27. The molecule has 0 fully saturated rings. The molecule has 0 spiro atoms. The summed E-state index contributed by atoms with van der Waals surface area (Å²) < 4.78 is 44.8. The number of esters is 2. The first-order valence-electron chi connectivity index (χ1n) is 18.7. The fourth-order valence-electron chi connectivity index (χ4n) is 4.06. The van der Waals surface area contributed by atoms with Gasteiger partial charge in [-0.25, -0.2) is 9.36 Å². The number of terminal acetylenes is 2. The van der Waals surface area contributed by atoms with Crippen LogP contribution in [-0.4, -0.2) is 142 Å². The summed E-state index contributed by atoms with van der Waals surface area (Å²) in [6.07, 6.45) is 13.7. The number of ether oxygens (including phenoxy) is 8. The molecule has 2 aromatic rings. The maximum Gasteiger partial charge on any atom is 0.313 e. The van der Waals surface area contributed by atoms with Gasteiger partial charge in [-0.05, 0) is 17.0 Å². The van der Waals surface area contributed by atoms with Crippen molar-refractivity contribution in [3.8, 4) is 24.7 Å². The molecule has 0 aliphatic carbocycles. The van der Waals surface area contributed by atoms with Crippen LogP contribution >= 0.6 is 0 Å². The summed E-state index contributed by atoms with van der Waals surface area (Å²) in [5, 5.41) is 23.0. The topological polar surface area (TPSA) is 267 Å². The van der Waals surface area contributed by atoms with E-state index in [2.05, 4.69) is 91.9 Å². The summed E-state index contributed by atoms with van der Waals surface area (Å²) in [6, 6.07) is 0. The normalized spacial score (nSPS) is 11.1. The molecule has 1 atom stereocenters. The number of rotatable bonds is 28. The van der Waals surface area contributed by atoms with Crippen LogP contribution in [0.15, 0.2) is 22.6 Å². The Bertz CT molecular complexity index is 1560. The Hall–Kier alpha value is -5.28. The van der Waals surface area contributed by atoms with Crippen molar-refractivity contribution in [2.45, 2.75) is 59.7 Å². The molecular formula is C37H60N12O10. The van der Waals surface area contributed by atoms with Gasteiger partial charge < -0.3 is 37.9 Å². The second kappa shape index (κ2) is 34.7. The van der Waals surface area contributed by atoms with Gasteiger partial charge in [-0.3, -0.25) is 9.59 Å². The van der Waals surface area contributed by atoms with Crippen LogP contribution in [0.1, 0.15) is 46.0 Å². The zero-order chi connectivity index (χ0) is 44.2. The number of hydrogen-bond acceptors (Lipinski definition) is 16. The average molecular weight is 833 g/mol. The van der Waals surface area contributed by atoms with E-state index in [1.807, 2.05) is 6.20 Å². The molecule has 0 aliphatic heterocycles. The van der Waals surface area contributed by atoms with Gasteiger partial charge in [-0.15, -0.1) is 23.0 Å². The van der Waals surface area contributed by atoms with Gasteiger partial charge in [0.15, 0.2) is 0 Å². The molecule has 2 rings (SSSR count). The second-order valence-electron chi connectivity index (χ2n) is 13.5. The Morgan fingerprint density at radius 2 is 1.20 bits per heavy atom. The molecule has 0 saturated heterocycles. The van der Waals surface area contributed by atoms with E-state index in [1.165, 1.54) is 14.2 Å². The number of carbonyl (C=O) groups excluding carboxylic acids is 2. The highest BCUT2D eigenvalue weighted by Crippen LogP contribution is 2.18. The number of hydrogen-bond donors (Lipinski definition) is 0. The molecule has 0 bridgehead atoms. The van der Waals surface area contributed by atoms with Gasteiger partial charge in [-0.1, -0.05) is 67.1 Å². The molecule has 59 heavy (non-hydrogen) atoms. The quantitative estimate of drug-likeness (QED) is 0.0296. The van der Waals surface area contributed by atoms with Crippen molar-refractivity contribution in [3.05, 3.63) is 44.7 Å². The van der Waals surface area contributed by atoms with Crippen molar-refractivity contribution in [2.24, 2.45) is 28.0 Å². The molecule has 0 amide bonds. The summed E-state index contributed by atoms with van der Waals surface area (Å²) in [4.78, 5) is 28.2. The van der Waals surface area contributed by atoms with E-state index in [1.54, 1.807) is 15.6 Å². The molecule has 0 N–H and O–H groups in total. The standard InChI is InChI=1S/C22H38N6O5.C11H14O4.C4H8N6O/c1-17(2)13-32-14-18(21(29)30-6)15-33-16-19-11-27(25-23-19)7-9-31-10-8-28-12-20(24-26-28)22(3,4)5;1-4-6-14-8-10(11(12)13-3)9-15-7-5-2;5-9-7-1-3-11-4-2-8-10-6/h11-12,17-18H,7-10,13-16H2,1-6H3;1-2,10H,6-9H2,3H3;1-4H2. The summed E-state index contributed by atoms with van der Waals surface area (Å²) in [6.45, 7) is 16.0. The molecule has 2 aromatic heterocycles. The summed E-state index contributed by atoms with van der Waals surface area (Å²) in [5.74, 6) is 3.29. The highest BCUT2D eigenvalue weighted by atomic mass is 16.5. The lowest BCUT2D eigenvalue weighted by Gasteiger charge is -2.15. The minimum absolute atomic E-state index is 0.0185. The Balaban J connectivity index is 0.00000106. The molecule has 0 aromatic carbocycles. The van der Waals surface area contributed by atoms with Gasteiger partial charge in [0.2, 0.25) is 0 Å². The smallest absolute Gasteiger partial charge is 0.313 e. The monoisotopic (exact) mass is 832 g/mol. The van der Waals surface area contributed by atoms with Crippen LogP contribution < -0.4 is 0 Å². The maximum absolute atomic E-state index is 11.9. The van der Waals surface area contributed by atoms with E-state index in [-0.39, 0.29) is 57.6 Å². The van der Waals surface area contributed by atoms with Gasteiger partial charge in [0.25, 0.3) is 0 Å². The zero-order valence-corrected chi connectivity index (χ0v) is 35.3. The molecule has 0 radical (unpaired) electrons. The average Bonchev–Trinajstić information content (AvgIpc) is 3.89. The van der Waals surface area contributed by atoms with Crippen molar-refractivity contribution >= 4 is 11.9 Å². The van der Waals surface area contributed by atoms with Crippen molar-refractivity contribution in [1.29, 1.82) is 0 Å². The predicted octanol–water partition coefficient (Wildman–Crippen LogP) is 3.56. The van der Waals surface area contributed by atoms with E-state index in [9.17, 15) is 9.59 Å². The molecule has 1 unspecified atom stereocenters. The Kier molecular flexibility index (Phi) is 31.6. The maximum atomic E-state index is 11.9. The first-order chi connectivity index (χ1) is 28.4. The lowest BCUT2D eigenvalue weighted by molar-refractivity contribution is -0.151. The largest absolute Gasteiger partial charge is 0.469 e. The molecule has 0 aliphatic rings. The van der Waals surface area contributed by atoms with Crippen LogP contribution in [0.5, 0.6) is 0 Å². The van der Waals surface area contributed by atoms with E-state index >= 15 is 0 Å². The fourth-order valence-corrected chi connectivity index (χ4v) is 4.06. The number of aromatic nitrogens is 6. The van der Waals surface area contributed by atoms with Gasteiger partial charge in [-0.2, -0.15) is 0 Å². The number of azide groups is 2. The minimum Gasteiger partial charge on any atom is -0.469 e. The van der Waals surface area contributed by atoms with Crippen LogP contribution in [-0.2, 0) is 72.6 Å². The van der Waals surface area contributed by atoms with Crippen LogP contribution in [0.4, 0.5) is 0 Å². The molecule has 328 valence electrons. The van der Waals surface area contributed by atoms with Crippen molar-refractivity contribution < 1.29 is 47.5 Å². The van der Waals surface area contributed by atoms with E-state index in [0.717, 1.165) is 5.69 Å². The van der Waals surface area contributed by atoms with Gasteiger partial charge in [0.1, 0.15) is 30.7 Å². The van der Waals surface area contributed by atoms with Crippen LogP contribution in [0.2, 0.25) is 0 Å². The van der Waals surface area contributed by atoms with Gasteiger partial charge >= 0.3 is 11.9 Å². The Labute approximate surface area is 346 Å². The highest BCUT2D eigenvalue weighted by Gasteiger charge is 2.21. The van der Waals surface area contributed by atoms with E-state index < -0.39 is 17.8 Å². The SMILES string of the molecule is C#CCOCC(COCC#C)C(=O)OC.COC(=O)C(COCc1cn(CCOCCn2cc(C(C)(C)C)nn2)nn1)COCC(C)C.[N-]=[N+]=NCCOCCN=[N+]=[N-]. The van der Waals surface area contributed by atoms with Crippen molar-refractivity contribution in [2.75, 3.05) is 100.0 Å². The molecule has 2 heterocycles. The first kappa shape index (κ1) is 53.7. The third kappa shape index (κ3) is 28.7. The Morgan fingerprint density at radius 3 is 1.66 bits per heavy atom. The van der Waals surface area contributed by atoms with E-state index in [4.69, 9.17) is 57.1 Å². The summed E-state index contributed by atoms with van der Waals surface area (Å²) in [7, 11) is 2.66. The van der Waals surface area contributed by atoms with Crippen LogP contribution in [0.25, 0.3) is 20.9 Å². The first-order valence-corrected chi connectivity index (χ1v) is 18.7. The van der Waals surface area contributed by atoms with Gasteiger partial charge in [0, 0.05) is 41.1 Å². The van der Waals surface area contributed by atoms with Crippen LogP contribution in [0, 0.1) is 42.4 Å². The zero-order valence-electron chi connectivity index (χ0n) is 35.3. The summed E-state index contributed by atoms with van der Waals surface area (Å²) in [5.41, 5.74) is 17.3. The lowest BCUT2D eigenvalue weighted by atomic mass is 9.93.